The lowest BCUT2D eigenvalue weighted by atomic mass is 10.1. The molecule has 0 bridgehead atoms. The SMILES string of the molecule is O=C(c1ccc(S(=O)(=O)N2CCCC2)cc1)N1CCCSCC1CN1CCCCC1. The second-order valence-corrected chi connectivity index (χ2v) is 11.7. The van der Waals surface area contributed by atoms with Gasteiger partial charge in [0.15, 0.2) is 0 Å². The van der Waals surface area contributed by atoms with Gasteiger partial charge in [0.25, 0.3) is 5.91 Å². The lowest BCUT2D eigenvalue weighted by Gasteiger charge is -2.35. The highest BCUT2D eigenvalue weighted by atomic mass is 32.2. The van der Waals surface area contributed by atoms with Crippen LogP contribution in [0.25, 0.3) is 0 Å². The molecule has 3 heterocycles. The fourth-order valence-corrected chi connectivity index (χ4v) is 7.27. The van der Waals surface area contributed by atoms with Crippen molar-refractivity contribution in [2.24, 2.45) is 0 Å². The van der Waals surface area contributed by atoms with Crippen LogP contribution in [0.15, 0.2) is 29.2 Å². The van der Waals surface area contributed by atoms with E-state index in [1.54, 1.807) is 28.6 Å². The number of hydrogen-bond donors (Lipinski definition) is 0. The van der Waals surface area contributed by atoms with Crippen molar-refractivity contribution in [3.63, 3.8) is 0 Å². The summed E-state index contributed by atoms with van der Waals surface area (Å²) in [6.07, 6.45) is 6.66. The van der Waals surface area contributed by atoms with Crippen molar-refractivity contribution in [1.82, 2.24) is 14.1 Å². The molecule has 0 N–H and O–H groups in total. The normalized spacial score (nSPS) is 24.7. The van der Waals surface area contributed by atoms with Gasteiger partial charge in [0.2, 0.25) is 10.0 Å². The third kappa shape index (κ3) is 5.03. The standard InChI is InChI=1S/C22H33N3O3S2/c26-22(19-7-9-21(10-8-19)30(27,28)24-13-4-5-14-24)25-15-6-16-29-18-20(25)17-23-11-2-1-3-12-23/h7-10,20H,1-6,11-18H2. The maximum Gasteiger partial charge on any atom is 0.254 e. The summed E-state index contributed by atoms with van der Waals surface area (Å²) in [4.78, 5) is 18.2. The molecule has 1 aromatic carbocycles. The third-order valence-electron chi connectivity index (χ3n) is 6.42. The molecule has 3 fully saturated rings. The van der Waals surface area contributed by atoms with E-state index in [0.717, 1.165) is 56.9 Å². The van der Waals surface area contributed by atoms with Crippen molar-refractivity contribution < 1.29 is 13.2 Å². The number of thioether (sulfide) groups is 1. The molecule has 30 heavy (non-hydrogen) atoms. The molecule has 0 radical (unpaired) electrons. The summed E-state index contributed by atoms with van der Waals surface area (Å²) in [7, 11) is -3.44. The Morgan fingerprint density at radius 2 is 1.57 bits per heavy atom. The van der Waals surface area contributed by atoms with E-state index in [-0.39, 0.29) is 16.8 Å². The van der Waals surface area contributed by atoms with Crippen LogP contribution in [0.4, 0.5) is 0 Å². The Bertz CT molecular complexity index is 817. The first-order chi connectivity index (χ1) is 14.6. The molecule has 0 spiro atoms. The molecule has 1 amide bonds. The van der Waals surface area contributed by atoms with E-state index in [1.165, 1.54) is 19.3 Å². The molecule has 8 heteroatoms. The number of carbonyl (C=O) groups is 1. The highest BCUT2D eigenvalue weighted by Crippen LogP contribution is 2.24. The minimum atomic E-state index is -3.44. The fraction of sp³-hybridized carbons (Fsp3) is 0.682. The van der Waals surface area contributed by atoms with E-state index in [9.17, 15) is 13.2 Å². The number of hydrogen-bond acceptors (Lipinski definition) is 5. The Hall–Kier alpha value is -1.09. The van der Waals surface area contributed by atoms with Crippen molar-refractivity contribution in [3.8, 4) is 0 Å². The summed E-state index contributed by atoms with van der Waals surface area (Å²) in [5, 5.41) is 0. The maximum atomic E-state index is 13.4. The van der Waals surface area contributed by atoms with Crippen LogP contribution in [0, 0.1) is 0 Å². The van der Waals surface area contributed by atoms with E-state index >= 15 is 0 Å². The largest absolute Gasteiger partial charge is 0.334 e. The molecule has 0 saturated carbocycles. The lowest BCUT2D eigenvalue weighted by molar-refractivity contribution is 0.0645. The number of rotatable bonds is 5. The van der Waals surface area contributed by atoms with Crippen molar-refractivity contribution in [2.75, 3.05) is 50.8 Å². The topological polar surface area (TPSA) is 60.9 Å². The van der Waals surface area contributed by atoms with Gasteiger partial charge < -0.3 is 9.80 Å². The Morgan fingerprint density at radius 1 is 0.900 bits per heavy atom. The summed E-state index contributed by atoms with van der Waals surface area (Å²) in [5.74, 6) is 2.10. The van der Waals surface area contributed by atoms with Gasteiger partial charge in [0, 0.05) is 37.5 Å². The monoisotopic (exact) mass is 451 g/mol. The van der Waals surface area contributed by atoms with Gasteiger partial charge in [-0.05, 0) is 75.2 Å². The Morgan fingerprint density at radius 3 is 2.27 bits per heavy atom. The highest BCUT2D eigenvalue weighted by Gasteiger charge is 2.30. The van der Waals surface area contributed by atoms with Gasteiger partial charge in [-0.1, -0.05) is 6.42 Å². The van der Waals surface area contributed by atoms with Crippen molar-refractivity contribution in [2.45, 2.75) is 49.5 Å². The quantitative estimate of drug-likeness (QED) is 0.689. The fourth-order valence-electron chi connectivity index (χ4n) is 4.70. The first kappa shape index (κ1) is 22.1. The molecular formula is C22H33N3O3S2. The number of benzene rings is 1. The van der Waals surface area contributed by atoms with Gasteiger partial charge in [-0.15, -0.1) is 0 Å². The average Bonchev–Trinajstić information content (AvgIpc) is 3.23. The first-order valence-corrected chi connectivity index (χ1v) is 13.9. The van der Waals surface area contributed by atoms with E-state index in [0.29, 0.717) is 18.7 Å². The molecule has 0 aromatic heterocycles. The zero-order valence-corrected chi connectivity index (χ0v) is 19.3. The zero-order valence-electron chi connectivity index (χ0n) is 17.7. The van der Waals surface area contributed by atoms with E-state index in [2.05, 4.69) is 4.90 Å². The molecule has 6 nitrogen and oxygen atoms in total. The van der Waals surface area contributed by atoms with Gasteiger partial charge in [0.1, 0.15) is 0 Å². The van der Waals surface area contributed by atoms with Gasteiger partial charge in [-0.25, -0.2) is 8.42 Å². The number of likely N-dealkylation sites (tertiary alicyclic amines) is 1. The summed E-state index contributed by atoms with van der Waals surface area (Å²) in [6, 6.07) is 6.82. The summed E-state index contributed by atoms with van der Waals surface area (Å²) < 4.78 is 27.1. The molecule has 0 aliphatic carbocycles. The molecule has 1 aromatic rings. The second kappa shape index (κ2) is 10.0. The average molecular weight is 452 g/mol. The minimum Gasteiger partial charge on any atom is -0.334 e. The predicted molar refractivity (Wildman–Crippen MR) is 121 cm³/mol. The molecule has 3 aliphatic rings. The van der Waals surface area contributed by atoms with E-state index in [4.69, 9.17) is 0 Å². The van der Waals surface area contributed by atoms with Crippen LogP contribution in [-0.2, 0) is 10.0 Å². The Labute approximate surface area is 185 Å². The molecule has 3 saturated heterocycles. The summed E-state index contributed by atoms with van der Waals surface area (Å²) in [6.45, 7) is 5.16. The van der Waals surface area contributed by atoms with Gasteiger partial charge >= 0.3 is 0 Å². The van der Waals surface area contributed by atoms with E-state index in [1.807, 2.05) is 16.7 Å². The minimum absolute atomic E-state index is 0.0321. The summed E-state index contributed by atoms with van der Waals surface area (Å²) >= 11 is 1.94. The van der Waals surface area contributed by atoms with Crippen LogP contribution in [0.2, 0.25) is 0 Å². The van der Waals surface area contributed by atoms with Gasteiger partial charge in [-0.2, -0.15) is 16.1 Å². The number of sulfonamides is 1. The number of carbonyl (C=O) groups excluding carboxylic acids is 1. The van der Waals surface area contributed by atoms with Crippen molar-refractivity contribution >= 4 is 27.7 Å². The second-order valence-electron chi connectivity index (χ2n) is 8.58. The molecule has 3 aliphatic heterocycles. The zero-order chi connectivity index (χ0) is 21.0. The van der Waals surface area contributed by atoms with Crippen LogP contribution in [0.5, 0.6) is 0 Å². The van der Waals surface area contributed by atoms with Crippen LogP contribution in [0.3, 0.4) is 0 Å². The van der Waals surface area contributed by atoms with Crippen LogP contribution < -0.4 is 0 Å². The smallest absolute Gasteiger partial charge is 0.254 e. The van der Waals surface area contributed by atoms with Crippen LogP contribution >= 0.6 is 11.8 Å². The van der Waals surface area contributed by atoms with Crippen molar-refractivity contribution in [1.29, 1.82) is 0 Å². The van der Waals surface area contributed by atoms with E-state index < -0.39 is 10.0 Å². The predicted octanol–water partition coefficient (Wildman–Crippen LogP) is 2.90. The first-order valence-electron chi connectivity index (χ1n) is 11.3. The van der Waals surface area contributed by atoms with Gasteiger partial charge in [0.05, 0.1) is 10.9 Å². The maximum absolute atomic E-state index is 13.4. The summed E-state index contributed by atoms with van der Waals surface area (Å²) in [5.41, 5.74) is 0.589. The number of nitrogens with zero attached hydrogens (tertiary/aromatic N) is 3. The molecule has 166 valence electrons. The van der Waals surface area contributed by atoms with Crippen LogP contribution in [-0.4, -0.2) is 85.2 Å². The number of amides is 1. The van der Waals surface area contributed by atoms with Crippen molar-refractivity contribution in [3.05, 3.63) is 29.8 Å². The number of piperidine rings is 1. The molecular weight excluding hydrogens is 418 g/mol. The third-order valence-corrected chi connectivity index (χ3v) is 9.53. The Balaban J connectivity index is 1.48. The van der Waals surface area contributed by atoms with Gasteiger partial charge in [-0.3, -0.25) is 4.79 Å². The molecule has 1 unspecified atom stereocenters. The molecule has 4 rings (SSSR count). The molecule has 1 atom stereocenters. The highest BCUT2D eigenvalue weighted by molar-refractivity contribution is 7.99. The lowest BCUT2D eigenvalue weighted by Crippen LogP contribution is -2.49. The van der Waals surface area contributed by atoms with Crippen LogP contribution in [0.1, 0.15) is 48.9 Å². The Kier molecular flexibility index (Phi) is 7.39.